The molecule has 1 aromatic carbocycles. The summed E-state index contributed by atoms with van der Waals surface area (Å²) in [5.74, 6) is 1.94. The number of methoxy groups -OCH3 is 1. The molecule has 0 unspecified atom stereocenters. The fraction of sp³-hybridized carbons (Fsp3) is 0.286. The number of ether oxygens (including phenoxy) is 1. The van der Waals surface area contributed by atoms with Gasteiger partial charge in [0.2, 0.25) is 5.75 Å². The lowest BCUT2D eigenvalue weighted by Crippen LogP contribution is -2.08. The van der Waals surface area contributed by atoms with E-state index in [1.807, 2.05) is 31.2 Å². The van der Waals surface area contributed by atoms with Gasteiger partial charge in [0.1, 0.15) is 6.33 Å². The Morgan fingerprint density at radius 1 is 1.20 bits per heavy atom. The first-order chi connectivity index (χ1) is 9.74. The predicted octanol–water partition coefficient (Wildman–Crippen LogP) is 3.18. The highest BCUT2D eigenvalue weighted by Crippen LogP contribution is 2.29. The molecule has 0 bridgehead atoms. The van der Waals surface area contributed by atoms with E-state index in [0.717, 1.165) is 12.1 Å². The van der Waals surface area contributed by atoms with Gasteiger partial charge in [0, 0.05) is 18.1 Å². The quantitative estimate of drug-likeness (QED) is 0.856. The molecule has 0 saturated carbocycles. The Morgan fingerprint density at radius 2 is 1.95 bits per heavy atom. The minimum atomic E-state index is 0.608. The summed E-state index contributed by atoms with van der Waals surface area (Å²) in [5, 5.41) is 7.08. The molecule has 5 nitrogen and oxygen atoms in total. The molecule has 0 fully saturated rings. The molecule has 0 aliphatic rings. The molecule has 20 heavy (non-hydrogen) atoms. The zero-order chi connectivity index (χ0) is 14.4. The summed E-state index contributed by atoms with van der Waals surface area (Å²) in [4.78, 5) is 8.37. The summed E-state index contributed by atoms with van der Waals surface area (Å²) in [6.45, 7) is 3.38. The van der Waals surface area contributed by atoms with Gasteiger partial charge >= 0.3 is 0 Å². The number of aromatic nitrogens is 2. The van der Waals surface area contributed by atoms with Gasteiger partial charge in [0.25, 0.3) is 0 Å². The molecular weight excluding hydrogens is 276 g/mol. The Labute approximate surface area is 123 Å². The Balaban J connectivity index is 2.14. The summed E-state index contributed by atoms with van der Waals surface area (Å²) in [5.41, 5.74) is 1.07. The van der Waals surface area contributed by atoms with E-state index < -0.39 is 0 Å². The Bertz CT molecular complexity index is 577. The van der Waals surface area contributed by atoms with Crippen LogP contribution in [-0.2, 0) is 6.54 Å². The van der Waals surface area contributed by atoms with E-state index in [1.165, 1.54) is 6.33 Å². The van der Waals surface area contributed by atoms with Gasteiger partial charge in [0.05, 0.1) is 7.11 Å². The molecule has 0 atom stereocenters. The Morgan fingerprint density at radius 3 is 2.60 bits per heavy atom. The molecule has 2 aromatic rings. The van der Waals surface area contributed by atoms with Gasteiger partial charge in [-0.05, 0) is 24.6 Å². The van der Waals surface area contributed by atoms with Crippen molar-refractivity contribution in [1.29, 1.82) is 0 Å². The van der Waals surface area contributed by atoms with Crippen LogP contribution in [0.2, 0.25) is 5.02 Å². The minimum Gasteiger partial charge on any atom is -0.490 e. The van der Waals surface area contributed by atoms with E-state index in [-0.39, 0.29) is 0 Å². The van der Waals surface area contributed by atoms with Crippen LogP contribution >= 0.6 is 11.6 Å². The van der Waals surface area contributed by atoms with Crippen LogP contribution in [0.1, 0.15) is 12.5 Å². The highest BCUT2D eigenvalue weighted by Gasteiger charge is 2.11. The van der Waals surface area contributed by atoms with Crippen LogP contribution in [0.4, 0.5) is 11.6 Å². The maximum atomic E-state index is 5.96. The summed E-state index contributed by atoms with van der Waals surface area (Å²) >= 11 is 5.96. The first kappa shape index (κ1) is 14.4. The van der Waals surface area contributed by atoms with Gasteiger partial charge < -0.3 is 15.4 Å². The van der Waals surface area contributed by atoms with Crippen molar-refractivity contribution < 1.29 is 4.74 Å². The zero-order valence-corrected chi connectivity index (χ0v) is 12.2. The molecule has 6 heteroatoms. The molecule has 2 N–H and O–H groups in total. The van der Waals surface area contributed by atoms with Crippen LogP contribution in [0.15, 0.2) is 30.6 Å². The fourth-order valence-corrected chi connectivity index (χ4v) is 2.03. The van der Waals surface area contributed by atoms with E-state index in [9.17, 15) is 0 Å². The topological polar surface area (TPSA) is 59.1 Å². The minimum absolute atomic E-state index is 0.608. The molecule has 0 aliphatic carbocycles. The average molecular weight is 293 g/mol. The maximum Gasteiger partial charge on any atom is 0.204 e. The van der Waals surface area contributed by atoms with Crippen LogP contribution in [-0.4, -0.2) is 23.6 Å². The van der Waals surface area contributed by atoms with E-state index in [4.69, 9.17) is 16.3 Å². The van der Waals surface area contributed by atoms with Crippen molar-refractivity contribution in [1.82, 2.24) is 9.97 Å². The summed E-state index contributed by atoms with van der Waals surface area (Å²) in [6.07, 6.45) is 1.50. The van der Waals surface area contributed by atoms with E-state index >= 15 is 0 Å². The Hall–Kier alpha value is -2.01. The molecule has 0 spiro atoms. The van der Waals surface area contributed by atoms with E-state index in [1.54, 1.807) is 7.11 Å². The largest absolute Gasteiger partial charge is 0.490 e. The summed E-state index contributed by atoms with van der Waals surface area (Å²) in [7, 11) is 1.60. The highest BCUT2D eigenvalue weighted by molar-refractivity contribution is 6.30. The number of nitrogens with one attached hydrogen (secondary N) is 2. The fourth-order valence-electron chi connectivity index (χ4n) is 1.82. The first-order valence-electron chi connectivity index (χ1n) is 6.35. The third-order valence-electron chi connectivity index (χ3n) is 2.70. The van der Waals surface area contributed by atoms with Gasteiger partial charge in [-0.25, -0.2) is 9.97 Å². The van der Waals surface area contributed by atoms with Gasteiger partial charge in [-0.1, -0.05) is 23.7 Å². The number of hydrogen-bond acceptors (Lipinski definition) is 5. The van der Waals surface area contributed by atoms with Crippen molar-refractivity contribution >= 4 is 23.2 Å². The van der Waals surface area contributed by atoms with Gasteiger partial charge in [0.15, 0.2) is 11.6 Å². The van der Waals surface area contributed by atoms with E-state index in [2.05, 4.69) is 20.6 Å². The standard InChI is InChI=1S/C14H17ClN4O/c1-3-16-13-12(20-2)14(19-9-18-13)17-8-10-5-4-6-11(15)7-10/h4-7,9H,3,8H2,1-2H3,(H2,16,17,18,19). The van der Waals surface area contributed by atoms with Crippen molar-refractivity contribution in [3.8, 4) is 5.75 Å². The summed E-state index contributed by atoms with van der Waals surface area (Å²) in [6, 6.07) is 7.67. The molecule has 1 aromatic heterocycles. The summed E-state index contributed by atoms with van der Waals surface area (Å²) < 4.78 is 5.37. The number of halogens is 1. The molecular formula is C14H17ClN4O. The molecule has 106 valence electrons. The molecule has 0 radical (unpaired) electrons. The van der Waals surface area contributed by atoms with Gasteiger partial charge in [-0.2, -0.15) is 0 Å². The number of nitrogens with zero attached hydrogens (tertiary/aromatic N) is 2. The van der Waals surface area contributed by atoms with Crippen molar-refractivity contribution in [3.63, 3.8) is 0 Å². The molecule has 0 aliphatic heterocycles. The lowest BCUT2D eigenvalue weighted by molar-refractivity contribution is 0.414. The predicted molar refractivity (Wildman–Crippen MR) is 81.5 cm³/mol. The second-order valence-electron chi connectivity index (χ2n) is 4.12. The zero-order valence-electron chi connectivity index (χ0n) is 11.5. The van der Waals surface area contributed by atoms with Crippen LogP contribution in [0.3, 0.4) is 0 Å². The lowest BCUT2D eigenvalue weighted by Gasteiger charge is -2.13. The maximum absolute atomic E-state index is 5.96. The van der Waals surface area contributed by atoms with Crippen molar-refractivity contribution in [2.45, 2.75) is 13.5 Å². The number of hydrogen-bond donors (Lipinski definition) is 2. The van der Waals surface area contributed by atoms with Crippen molar-refractivity contribution in [2.24, 2.45) is 0 Å². The van der Waals surface area contributed by atoms with Gasteiger partial charge in [-0.3, -0.25) is 0 Å². The molecule has 1 heterocycles. The SMILES string of the molecule is CCNc1ncnc(NCc2cccc(Cl)c2)c1OC. The van der Waals surface area contributed by atoms with Crippen LogP contribution < -0.4 is 15.4 Å². The molecule has 0 saturated heterocycles. The second-order valence-corrected chi connectivity index (χ2v) is 4.55. The highest BCUT2D eigenvalue weighted by atomic mass is 35.5. The number of rotatable bonds is 6. The Kier molecular flexibility index (Phi) is 5.01. The van der Waals surface area contributed by atoms with Crippen LogP contribution in [0, 0.1) is 0 Å². The van der Waals surface area contributed by atoms with Crippen molar-refractivity contribution in [3.05, 3.63) is 41.2 Å². The van der Waals surface area contributed by atoms with E-state index in [0.29, 0.717) is 29.0 Å². The average Bonchev–Trinajstić information content (AvgIpc) is 2.45. The monoisotopic (exact) mass is 292 g/mol. The number of anilines is 2. The molecule has 2 rings (SSSR count). The first-order valence-corrected chi connectivity index (χ1v) is 6.73. The third kappa shape index (κ3) is 3.51. The number of benzene rings is 1. The normalized spacial score (nSPS) is 10.2. The lowest BCUT2D eigenvalue weighted by atomic mass is 10.2. The van der Waals surface area contributed by atoms with Gasteiger partial charge in [-0.15, -0.1) is 0 Å². The van der Waals surface area contributed by atoms with Crippen LogP contribution in [0.5, 0.6) is 5.75 Å². The van der Waals surface area contributed by atoms with Crippen molar-refractivity contribution in [2.75, 3.05) is 24.3 Å². The third-order valence-corrected chi connectivity index (χ3v) is 2.94. The van der Waals surface area contributed by atoms with Crippen LogP contribution in [0.25, 0.3) is 0 Å². The molecule has 0 amide bonds. The smallest absolute Gasteiger partial charge is 0.204 e. The second kappa shape index (κ2) is 6.96.